The summed E-state index contributed by atoms with van der Waals surface area (Å²) in [6.07, 6.45) is 1.61. The van der Waals surface area contributed by atoms with Crippen LogP contribution in [-0.2, 0) is 4.74 Å². The van der Waals surface area contributed by atoms with E-state index in [2.05, 4.69) is 37.9 Å². The minimum absolute atomic E-state index is 0.320. The highest BCUT2D eigenvalue weighted by atomic mass is 16.5. The number of hydrogen-bond acceptors (Lipinski definition) is 3. The Balaban J connectivity index is 2.50. The van der Waals surface area contributed by atoms with Gasteiger partial charge in [-0.15, -0.1) is 0 Å². The molecule has 3 heteroatoms. The van der Waals surface area contributed by atoms with Gasteiger partial charge in [-0.05, 0) is 39.2 Å². The third kappa shape index (κ3) is 4.04. The molecule has 0 saturated carbocycles. The Labute approximate surface area is 101 Å². The quantitative estimate of drug-likeness (QED) is 0.749. The number of nitrogens with zero attached hydrogens (tertiary/aromatic N) is 1. The standard InChI is InChI=1S/C13H28N2O/c1-11(2)15(8-12(3)16-5)10-13(4)6-7-14-9-13/h11-12,14H,6-10H2,1-5H3. The maximum atomic E-state index is 5.37. The van der Waals surface area contributed by atoms with Crippen LogP contribution in [0.5, 0.6) is 0 Å². The fraction of sp³-hybridized carbons (Fsp3) is 1.00. The highest BCUT2D eigenvalue weighted by molar-refractivity contribution is 4.87. The van der Waals surface area contributed by atoms with Gasteiger partial charge >= 0.3 is 0 Å². The summed E-state index contributed by atoms with van der Waals surface area (Å²) < 4.78 is 5.37. The highest BCUT2D eigenvalue weighted by Gasteiger charge is 2.31. The van der Waals surface area contributed by atoms with Crippen LogP contribution < -0.4 is 5.32 Å². The second-order valence-electron chi connectivity index (χ2n) is 5.81. The zero-order valence-corrected chi connectivity index (χ0v) is 11.5. The van der Waals surface area contributed by atoms with E-state index < -0.39 is 0 Å². The van der Waals surface area contributed by atoms with Crippen molar-refractivity contribution in [2.75, 3.05) is 33.3 Å². The zero-order valence-electron chi connectivity index (χ0n) is 11.5. The summed E-state index contributed by atoms with van der Waals surface area (Å²) >= 11 is 0. The van der Waals surface area contributed by atoms with E-state index in [0.29, 0.717) is 17.6 Å². The summed E-state index contributed by atoms with van der Waals surface area (Å²) in [4.78, 5) is 2.54. The molecule has 0 amide bonds. The van der Waals surface area contributed by atoms with Gasteiger partial charge in [0.1, 0.15) is 0 Å². The number of hydrogen-bond donors (Lipinski definition) is 1. The molecule has 0 radical (unpaired) electrons. The van der Waals surface area contributed by atoms with E-state index in [9.17, 15) is 0 Å². The third-order valence-electron chi connectivity index (χ3n) is 3.67. The van der Waals surface area contributed by atoms with Crippen molar-refractivity contribution in [1.29, 1.82) is 0 Å². The number of rotatable bonds is 6. The molecule has 16 heavy (non-hydrogen) atoms. The van der Waals surface area contributed by atoms with Crippen LogP contribution in [0.1, 0.15) is 34.1 Å². The molecular formula is C13H28N2O. The molecule has 1 heterocycles. The van der Waals surface area contributed by atoms with E-state index in [-0.39, 0.29) is 0 Å². The van der Waals surface area contributed by atoms with Gasteiger partial charge in [0.25, 0.3) is 0 Å². The molecule has 1 saturated heterocycles. The maximum Gasteiger partial charge on any atom is 0.0670 e. The minimum Gasteiger partial charge on any atom is -0.380 e. The second kappa shape index (κ2) is 5.99. The Morgan fingerprint density at radius 3 is 2.50 bits per heavy atom. The van der Waals surface area contributed by atoms with E-state index >= 15 is 0 Å². The molecule has 1 rings (SSSR count). The van der Waals surface area contributed by atoms with Gasteiger partial charge in [-0.2, -0.15) is 0 Å². The van der Waals surface area contributed by atoms with Gasteiger partial charge in [0.2, 0.25) is 0 Å². The first-order valence-electron chi connectivity index (χ1n) is 6.44. The van der Waals surface area contributed by atoms with Crippen molar-refractivity contribution in [3.8, 4) is 0 Å². The summed E-state index contributed by atoms with van der Waals surface area (Å²) in [6, 6.07) is 0.593. The molecule has 1 aliphatic heterocycles. The van der Waals surface area contributed by atoms with Crippen LogP contribution in [0.2, 0.25) is 0 Å². The van der Waals surface area contributed by atoms with E-state index in [4.69, 9.17) is 4.74 Å². The molecule has 1 fully saturated rings. The molecule has 0 aromatic rings. The summed E-state index contributed by atoms with van der Waals surface area (Å²) in [5.41, 5.74) is 0.442. The van der Waals surface area contributed by atoms with Gasteiger partial charge in [-0.1, -0.05) is 6.92 Å². The third-order valence-corrected chi connectivity index (χ3v) is 3.67. The lowest BCUT2D eigenvalue weighted by Gasteiger charge is -2.35. The Kier molecular flexibility index (Phi) is 5.22. The fourth-order valence-electron chi connectivity index (χ4n) is 2.36. The van der Waals surface area contributed by atoms with Crippen molar-refractivity contribution >= 4 is 0 Å². The predicted molar refractivity (Wildman–Crippen MR) is 68.8 cm³/mol. The van der Waals surface area contributed by atoms with Gasteiger partial charge in [-0.3, -0.25) is 4.90 Å². The summed E-state index contributed by atoms with van der Waals surface area (Å²) in [6.45, 7) is 13.6. The molecule has 3 nitrogen and oxygen atoms in total. The van der Waals surface area contributed by atoms with Crippen LogP contribution in [0, 0.1) is 5.41 Å². The lowest BCUT2D eigenvalue weighted by atomic mass is 9.88. The molecule has 1 N–H and O–H groups in total. The lowest BCUT2D eigenvalue weighted by Crippen LogP contribution is -2.44. The van der Waals surface area contributed by atoms with Crippen molar-refractivity contribution in [2.45, 2.75) is 46.3 Å². The van der Waals surface area contributed by atoms with Crippen LogP contribution in [0.25, 0.3) is 0 Å². The van der Waals surface area contributed by atoms with E-state index in [0.717, 1.165) is 13.1 Å². The summed E-state index contributed by atoms with van der Waals surface area (Å²) in [5, 5.41) is 3.47. The number of ether oxygens (including phenoxy) is 1. The van der Waals surface area contributed by atoms with Crippen LogP contribution in [0.15, 0.2) is 0 Å². The Hall–Kier alpha value is -0.120. The Morgan fingerprint density at radius 1 is 1.38 bits per heavy atom. The zero-order chi connectivity index (χ0) is 12.2. The first-order valence-corrected chi connectivity index (χ1v) is 6.44. The summed E-state index contributed by atoms with van der Waals surface area (Å²) in [5.74, 6) is 0. The molecular weight excluding hydrogens is 200 g/mol. The summed E-state index contributed by atoms with van der Waals surface area (Å²) in [7, 11) is 1.79. The molecule has 96 valence electrons. The molecule has 0 aromatic carbocycles. The van der Waals surface area contributed by atoms with Crippen LogP contribution in [0.3, 0.4) is 0 Å². The maximum absolute atomic E-state index is 5.37. The molecule has 0 bridgehead atoms. The van der Waals surface area contributed by atoms with Crippen molar-refractivity contribution in [3.63, 3.8) is 0 Å². The molecule has 2 unspecified atom stereocenters. The first-order chi connectivity index (χ1) is 7.47. The fourth-order valence-corrected chi connectivity index (χ4v) is 2.36. The molecule has 0 aliphatic carbocycles. The van der Waals surface area contributed by atoms with E-state index in [1.54, 1.807) is 7.11 Å². The van der Waals surface area contributed by atoms with Crippen molar-refractivity contribution in [1.82, 2.24) is 10.2 Å². The first kappa shape index (κ1) is 13.9. The van der Waals surface area contributed by atoms with Gasteiger partial charge in [0.15, 0.2) is 0 Å². The SMILES string of the molecule is COC(C)CN(CC1(C)CCNC1)C(C)C. The largest absolute Gasteiger partial charge is 0.380 e. The Morgan fingerprint density at radius 2 is 2.06 bits per heavy atom. The van der Waals surface area contributed by atoms with Crippen molar-refractivity contribution < 1.29 is 4.74 Å². The Bertz CT molecular complexity index is 200. The molecule has 1 aliphatic rings. The van der Waals surface area contributed by atoms with Gasteiger partial charge < -0.3 is 10.1 Å². The van der Waals surface area contributed by atoms with Gasteiger partial charge in [0.05, 0.1) is 6.10 Å². The van der Waals surface area contributed by atoms with Crippen LogP contribution in [-0.4, -0.2) is 50.3 Å². The monoisotopic (exact) mass is 228 g/mol. The van der Waals surface area contributed by atoms with Crippen molar-refractivity contribution in [3.05, 3.63) is 0 Å². The van der Waals surface area contributed by atoms with E-state index in [1.807, 2.05) is 0 Å². The number of nitrogens with one attached hydrogen (secondary N) is 1. The second-order valence-corrected chi connectivity index (χ2v) is 5.81. The topological polar surface area (TPSA) is 24.5 Å². The average Bonchev–Trinajstić information content (AvgIpc) is 2.63. The van der Waals surface area contributed by atoms with Crippen LogP contribution >= 0.6 is 0 Å². The smallest absolute Gasteiger partial charge is 0.0670 e. The van der Waals surface area contributed by atoms with Gasteiger partial charge in [-0.25, -0.2) is 0 Å². The van der Waals surface area contributed by atoms with Crippen LogP contribution in [0.4, 0.5) is 0 Å². The van der Waals surface area contributed by atoms with E-state index in [1.165, 1.54) is 19.5 Å². The molecule has 0 aromatic heterocycles. The van der Waals surface area contributed by atoms with Crippen molar-refractivity contribution in [2.24, 2.45) is 5.41 Å². The van der Waals surface area contributed by atoms with Gasteiger partial charge in [0, 0.05) is 32.8 Å². The minimum atomic E-state index is 0.320. The number of methoxy groups -OCH3 is 1. The molecule has 2 atom stereocenters. The normalized spacial score (nSPS) is 27.9. The average molecular weight is 228 g/mol. The highest BCUT2D eigenvalue weighted by Crippen LogP contribution is 2.26. The predicted octanol–water partition coefficient (Wildman–Crippen LogP) is 1.73. The lowest BCUT2D eigenvalue weighted by molar-refractivity contribution is 0.0480. The molecule has 0 spiro atoms.